The van der Waals surface area contributed by atoms with Crippen molar-refractivity contribution in [2.75, 3.05) is 6.54 Å². The first-order valence-corrected chi connectivity index (χ1v) is 8.42. The maximum Gasteiger partial charge on any atom is 0.414 e. The van der Waals surface area contributed by atoms with Crippen molar-refractivity contribution < 1.29 is 14.3 Å². The molecule has 1 heterocycles. The lowest BCUT2D eigenvalue weighted by atomic mass is 10.0. The molecule has 124 valence electrons. The van der Waals surface area contributed by atoms with Gasteiger partial charge in [0, 0.05) is 24.7 Å². The Kier molecular flexibility index (Phi) is 6.85. The Morgan fingerprint density at radius 3 is 2.74 bits per heavy atom. The molecule has 4 heteroatoms. The zero-order chi connectivity index (χ0) is 16.5. The van der Waals surface area contributed by atoms with Crippen molar-refractivity contribution in [3.63, 3.8) is 0 Å². The van der Waals surface area contributed by atoms with E-state index in [9.17, 15) is 9.59 Å². The Balaban J connectivity index is 1.95. The average molecular weight is 315 g/mol. The van der Waals surface area contributed by atoms with E-state index < -0.39 is 0 Å². The Bertz CT molecular complexity index is 551. The van der Waals surface area contributed by atoms with E-state index in [4.69, 9.17) is 4.74 Å². The maximum atomic E-state index is 12.3. The summed E-state index contributed by atoms with van der Waals surface area (Å²) in [6.07, 6.45) is 6.48. The third-order valence-electron chi connectivity index (χ3n) is 3.96. The molecule has 0 N–H and O–H groups in total. The van der Waals surface area contributed by atoms with Crippen LogP contribution in [0.25, 0.3) is 0 Å². The molecular formula is C19H25NO3. The molecule has 1 aromatic carbocycles. The number of benzene rings is 1. The summed E-state index contributed by atoms with van der Waals surface area (Å²) < 4.78 is 5.36. The highest BCUT2D eigenvalue weighted by Crippen LogP contribution is 2.18. The highest BCUT2D eigenvalue weighted by atomic mass is 16.6. The lowest BCUT2D eigenvalue weighted by Gasteiger charge is -2.17. The Morgan fingerprint density at radius 1 is 1.22 bits per heavy atom. The van der Waals surface area contributed by atoms with Crippen molar-refractivity contribution >= 4 is 11.9 Å². The van der Waals surface area contributed by atoms with Gasteiger partial charge in [0.2, 0.25) is 0 Å². The summed E-state index contributed by atoms with van der Waals surface area (Å²) in [5.74, 6) is 0.166. The van der Waals surface area contributed by atoms with Crippen LogP contribution in [0, 0.1) is 0 Å². The van der Waals surface area contributed by atoms with Gasteiger partial charge in [0.25, 0.3) is 0 Å². The molecule has 0 spiro atoms. The van der Waals surface area contributed by atoms with E-state index in [-0.39, 0.29) is 18.5 Å². The van der Waals surface area contributed by atoms with Gasteiger partial charge in [-0.3, -0.25) is 9.69 Å². The highest BCUT2D eigenvalue weighted by Gasteiger charge is 2.20. The summed E-state index contributed by atoms with van der Waals surface area (Å²) in [7, 11) is 0. The zero-order valence-corrected chi connectivity index (χ0v) is 13.8. The first kappa shape index (κ1) is 17.3. The second-order valence-electron chi connectivity index (χ2n) is 5.87. The normalized spacial score (nSPS) is 15.1. The van der Waals surface area contributed by atoms with Gasteiger partial charge >= 0.3 is 6.09 Å². The smallest absolute Gasteiger partial charge is 0.414 e. The van der Waals surface area contributed by atoms with Crippen LogP contribution in [0.1, 0.15) is 51.0 Å². The van der Waals surface area contributed by atoms with Crippen molar-refractivity contribution in [1.82, 2.24) is 4.90 Å². The van der Waals surface area contributed by atoms with Gasteiger partial charge < -0.3 is 4.74 Å². The summed E-state index contributed by atoms with van der Waals surface area (Å²) in [6.45, 7) is 2.93. The van der Waals surface area contributed by atoms with Crippen molar-refractivity contribution in [2.24, 2.45) is 0 Å². The lowest BCUT2D eigenvalue weighted by molar-refractivity contribution is -0.115. The molecule has 0 radical (unpaired) electrons. The second-order valence-corrected chi connectivity index (χ2v) is 5.87. The molecule has 0 saturated heterocycles. The quantitative estimate of drug-likeness (QED) is 0.728. The molecule has 1 amide bonds. The number of nitrogens with zero attached hydrogens (tertiary/aromatic N) is 1. The first-order chi connectivity index (χ1) is 11.2. The summed E-state index contributed by atoms with van der Waals surface area (Å²) in [6, 6.07) is 9.60. The fourth-order valence-corrected chi connectivity index (χ4v) is 2.61. The minimum Gasteiger partial charge on any atom is -0.444 e. The van der Waals surface area contributed by atoms with Crippen molar-refractivity contribution in [1.29, 1.82) is 0 Å². The number of unbranched alkanes of at least 4 members (excludes halogenated alkanes) is 2. The van der Waals surface area contributed by atoms with Gasteiger partial charge in [0.1, 0.15) is 6.61 Å². The van der Waals surface area contributed by atoms with Crippen molar-refractivity contribution in [3.8, 4) is 0 Å². The maximum absolute atomic E-state index is 12.3. The standard InChI is InChI=1S/C19H25NO3/c1-2-3-5-11-17-14-20(13-8-12-18(17)21)19(22)23-15-16-9-6-4-7-10-16/h4,6-7,9-10,14H,2-3,5,8,11-13,15H2,1H3. The molecule has 23 heavy (non-hydrogen) atoms. The van der Waals surface area contributed by atoms with Crippen LogP contribution in [-0.4, -0.2) is 23.3 Å². The Labute approximate surface area is 138 Å². The molecule has 0 fully saturated rings. The second kappa shape index (κ2) is 9.13. The van der Waals surface area contributed by atoms with Gasteiger partial charge in [-0.15, -0.1) is 0 Å². The predicted molar refractivity (Wildman–Crippen MR) is 89.8 cm³/mol. The third kappa shape index (κ3) is 5.55. The Morgan fingerprint density at radius 2 is 2.00 bits per heavy atom. The molecule has 1 aromatic rings. The van der Waals surface area contributed by atoms with Gasteiger partial charge in [-0.05, 0) is 24.8 Å². The van der Waals surface area contributed by atoms with E-state index in [0.29, 0.717) is 19.4 Å². The Hall–Kier alpha value is -2.10. The molecule has 0 aromatic heterocycles. The zero-order valence-electron chi connectivity index (χ0n) is 13.8. The van der Waals surface area contributed by atoms with E-state index in [0.717, 1.165) is 36.8 Å². The molecule has 1 aliphatic heterocycles. The number of hydrogen-bond donors (Lipinski definition) is 0. The molecule has 4 nitrogen and oxygen atoms in total. The van der Waals surface area contributed by atoms with Gasteiger partial charge in [0.15, 0.2) is 5.78 Å². The molecule has 0 aliphatic carbocycles. The average Bonchev–Trinajstić information content (AvgIpc) is 2.76. The van der Waals surface area contributed by atoms with Gasteiger partial charge in [-0.1, -0.05) is 50.1 Å². The van der Waals surface area contributed by atoms with E-state index in [1.165, 1.54) is 0 Å². The van der Waals surface area contributed by atoms with Crippen LogP contribution in [0.15, 0.2) is 42.1 Å². The number of allylic oxidation sites excluding steroid dienone is 1. The van der Waals surface area contributed by atoms with Gasteiger partial charge in [0.05, 0.1) is 0 Å². The van der Waals surface area contributed by atoms with Crippen LogP contribution >= 0.6 is 0 Å². The van der Waals surface area contributed by atoms with E-state index in [2.05, 4.69) is 6.92 Å². The number of ether oxygens (including phenoxy) is 1. The molecule has 0 saturated carbocycles. The summed E-state index contributed by atoms with van der Waals surface area (Å²) >= 11 is 0. The van der Waals surface area contributed by atoms with Crippen LogP contribution in [-0.2, 0) is 16.1 Å². The van der Waals surface area contributed by atoms with Crippen LogP contribution in [0.4, 0.5) is 4.79 Å². The number of carbonyl (C=O) groups excluding carboxylic acids is 2. The van der Waals surface area contributed by atoms with Crippen LogP contribution in [0.3, 0.4) is 0 Å². The summed E-state index contributed by atoms with van der Waals surface area (Å²) in [5, 5.41) is 0. The summed E-state index contributed by atoms with van der Waals surface area (Å²) in [5.41, 5.74) is 1.71. The number of Topliss-reactive ketones (excluding diaryl/α,β-unsaturated/α-hetero) is 1. The molecule has 0 atom stereocenters. The molecular weight excluding hydrogens is 290 g/mol. The summed E-state index contributed by atoms with van der Waals surface area (Å²) in [4.78, 5) is 25.9. The number of amides is 1. The topological polar surface area (TPSA) is 46.6 Å². The number of carbonyl (C=O) groups is 2. The number of rotatable bonds is 6. The number of ketones is 1. The minimum absolute atomic E-state index is 0.166. The van der Waals surface area contributed by atoms with Gasteiger partial charge in [-0.25, -0.2) is 4.79 Å². The van der Waals surface area contributed by atoms with E-state index in [1.54, 1.807) is 11.1 Å². The van der Waals surface area contributed by atoms with E-state index >= 15 is 0 Å². The monoisotopic (exact) mass is 315 g/mol. The van der Waals surface area contributed by atoms with Gasteiger partial charge in [-0.2, -0.15) is 0 Å². The van der Waals surface area contributed by atoms with Crippen LogP contribution < -0.4 is 0 Å². The molecule has 0 bridgehead atoms. The first-order valence-electron chi connectivity index (χ1n) is 8.42. The lowest BCUT2D eigenvalue weighted by Crippen LogP contribution is -2.27. The minimum atomic E-state index is -0.378. The molecule has 1 aliphatic rings. The molecule has 0 unspecified atom stereocenters. The van der Waals surface area contributed by atoms with E-state index in [1.807, 2.05) is 30.3 Å². The number of hydrogen-bond acceptors (Lipinski definition) is 3. The van der Waals surface area contributed by atoms with Crippen molar-refractivity contribution in [2.45, 2.75) is 52.1 Å². The SMILES string of the molecule is CCCCCC1=CN(C(=O)OCc2ccccc2)CCCC1=O. The predicted octanol–water partition coefficient (Wildman–Crippen LogP) is 4.45. The molecule has 2 rings (SSSR count). The highest BCUT2D eigenvalue weighted by molar-refractivity contribution is 5.96. The largest absolute Gasteiger partial charge is 0.444 e. The third-order valence-corrected chi connectivity index (χ3v) is 3.96. The fourth-order valence-electron chi connectivity index (χ4n) is 2.61. The van der Waals surface area contributed by atoms with Crippen LogP contribution in [0.2, 0.25) is 0 Å². The van der Waals surface area contributed by atoms with Crippen molar-refractivity contribution in [3.05, 3.63) is 47.7 Å². The fraction of sp³-hybridized carbons (Fsp3) is 0.474. The van der Waals surface area contributed by atoms with Crippen LogP contribution in [0.5, 0.6) is 0 Å².